The number of hydrogen-bond donors (Lipinski definition) is 1. The van der Waals surface area contributed by atoms with Crippen molar-refractivity contribution in [2.75, 3.05) is 0 Å². The predicted molar refractivity (Wildman–Crippen MR) is 71.4 cm³/mol. The predicted octanol–water partition coefficient (Wildman–Crippen LogP) is 4.02. The van der Waals surface area contributed by atoms with E-state index in [4.69, 9.17) is 11.6 Å². The van der Waals surface area contributed by atoms with Crippen LogP contribution in [0.1, 0.15) is 27.7 Å². The van der Waals surface area contributed by atoms with Crippen LogP contribution in [0.3, 0.4) is 0 Å². The van der Waals surface area contributed by atoms with Crippen LogP contribution in [-0.4, -0.2) is 4.98 Å². The molecule has 0 aromatic carbocycles. The number of hydrogen-bond acceptors (Lipinski definition) is 4. The largest absolute Gasteiger partial charge is 0.303 e. The van der Waals surface area contributed by atoms with Crippen LogP contribution in [0.25, 0.3) is 0 Å². The third-order valence-corrected chi connectivity index (χ3v) is 4.59. The first-order valence-corrected chi connectivity index (χ1v) is 7.11. The molecule has 2 heterocycles. The van der Waals surface area contributed by atoms with Crippen molar-refractivity contribution in [3.63, 3.8) is 0 Å². The summed E-state index contributed by atoms with van der Waals surface area (Å²) >= 11 is 9.29. The van der Waals surface area contributed by atoms with E-state index in [1.165, 1.54) is 9.75 Å². The average Bonchev–Trinajstić information content (AvgIpc) is 2.84. The van der Waals surface area contributed by atoms with Gasteiger partial charge in [-0.05, 0) is 19.9 Å². The Morgan fingerprint density at radius 1 is 1.56 bits per heavy atom. The zero-order valence-electron chi connectivity index (χ0n) is 9.16. The number of thiazole rings is 1. The lowest BCUT2D eigenvalue weighted by molar-refractivity contribution is 0.576. The summed E-state index contributed by atoms with van der Waals surface area (Å²) < 4.78 is 0. The second-order valence-electron chi connectivity index (χ2n) is 3.64. The summed E-state index contributed by atoms with van der Waals surface area (Å²) in [6, 6.07) is 2.29. The molecular weight excluding hydrogens is 260 g/mol. The average molecular weight is 273 g/mol. The van der Waals surface area contributed by atoms with E-state index in [1.807, 2.05) is 17.6 Å². The molecule has 1 unspecified atom stereocenters. The quantitative estimate of drug-likeness (QED) is 0.909. The molecule has 0 aliphatic carbocycles. The Kier molecular flexibility index (Phi) is 3.97. The number of halogens is 1. The summed E-state index contributed by atoms with van der Waals surface area (Å²) in [5, 5.41) is 7.35. The van der Waals surface area contributed by atoms with E-state index in [0.717, 1.165) is 16.6 Å². The number of aryl methyl sites for hydroxylation is 1. The Morgan fingerprint density at radius 3 is 2.94 bits per heavy atom. The van der Waals surface area contributed by atoms with E-state index < -0.39 is 0 Å². The van der Waals surface area contributed by atoms with Crippen molar-refractivity contribution in [2.45, 2.75) is 26.4 Å². The first kappa shape index (κ1) is 12.0. The van der Waals surface area contributed by atoms with E-state index >= 15 is 0 Å². The molecule has 1 atom stereocenters. The summed E-state index contributed by atoms with van der Waals surface area (Å²) in [7, 11) is 0. The Hall–Kier alpha value is -0.420. The molecule has 0 spiro atoms. The van der Waals surface area contributed by atoms with E-state index in [0.29, 0.717) is 6.04 Å². The van der Waals surface area contributed by atoms with Gasteiger partial charge in [0.1, 0.15) is 5.01 Å². The van der Waals surface area contributed by atoms with E-state index in [9.17, 15) is 0 Å². The number of rotatable bonds is 4. The fourth-order valence-electron chi connectivity index (χ4n) is 1.36. The zero-order chi connectivity index (χ0) is 11.5. The van der Waals surface area contributed by atoms with Gasteiger partial charge in [0.05, 0.1) is 11.1 Å². The van der Waals surface area contributed by atoms with Crippen LogP contribution in [-0.2, 0) is 6.54 Å². The molecule has 0 radical (unpaired) electrons. The highest BCUT2D eigenvalue weighted by atomic mass is 35.5. The fraction of sp³-hybridized carbons (Fsp3) is 0.364. The van der Waals surface area contributed by atoms with Crippen molar-refractivity contribution >= 4 is 34.3 Å². The van der Waals surface area contributed by atoms with E-state index in [1.54, 1.807) is 22.7 Å². The van der Waals surface area contributed by atoms with Crippen LogP contribution in [0, 0.1) is 6.92 Å². The molecular formula is C11H13ClN2S2. The number of aromatic nitrogens is 1. The van der Waals surface area contributed by atoms with Crippen molar-refractivity contribution in [3.05, 3.63) is 37.4 Å². The van der Waals surface area contributed by atoms with Crippen molar-refractivity contribution in [2.24, 2.45) is 0 Å². The molecule has 0 bridgehead atoms. The van der Waals surface area contributed by atoms with Gasteiger partial charge in [-0.2, -0.15) is 0 Å². The topological polar surface area (TPSA) is 24.9 Å². The van der Waals surface area contributed by atoms with Crippen molar-refractivity contribution in [1.82, 2.24) is 10.3 Å². The number of thiophene rings is 1. The number of nitrogens with one attached hydrogen (secondary N) is 1. The minimum absolute atomic E-state index is 0.291. The molecule has 0 saturated carbocycles. The lowest BCUT2D eigenvalue weighted by Gasteiger charge is -2.09. The molecule has 0 saturated heterocycles. The van der Waals surface area contributed by atoms with Crippen molar-refractivity contribution in [1.29, 1.82) is 0 Å². The van der Waals surface area contributed by atoms with Gasteiger partial charge in [0.15, 0.2) is 0 Å². The Balaban J connectivity index is 1.91. The zero-order valence-corrected chi connectivity index (χ0v) is 11.5. The number of nitrogens with zero attached hydrogens (tertiary/aromatic N) is 1. The molecule has 1 N–H and O–H groups in total. The summed E-state index contributed by atoms with van der Waals surface area (Å²) in [4.78, 5) is 6.87. The monoisotopic (exact) mass is 272 g/mol. The molecule has 2 rings (SSSR count). The van der Waals surface area contributed by atoms with Gasteiger partial charge in [-0.25, -0.2) is 4.98 Å². The summed E-state index contributed by atoms with van der Waals surface area (Å²) in [5.74, 6) is 0. The highest BCUT2D eigenvalue weighted by molar-refractivity contribution is 7.11. The Bertz CT molecular complexity index is 464. The molecule has 0 aliphatic heterocycles. The highest BCUT2D eigenvalue weighted by Crippen LogP contribution is 2.22. The summed E-state index contributed by atoms with van der Waals surface area (Å²) in [5.41, 5.74) is 0. The minimum Gasteiger partial charge on any atom is -0.303 e. The molecule has 0 fully saturated rings. The second kappa shape index (κ2) is 5.27. The van der Waals surface area contributed by atoms with Crippen LogP contribution in [0.15, 0.2) is 17.6 Å². The van der Waals surface area contributed by atoms with E-state index in [-0.39, 0.29) is 0 Å². The van der Waals surface area contributed by atoms with Gasteiger partial charge in [0.25, 0.3) is 0 Å². The van der Waals surface area contributed by atoms with Gasteiger partial charge in [-0.1, -0.05) is 11.6 Å². The normalized spacial score (nSPS) is 12.9. The minimum atomic E-state index is 0.291. The first-order valence-electron chi connectivity index (χ1n) is 5.04. The first-order chi connectivity index (χ1) is 7.65. The van der Waals surface area contributed by atoms with Gasteiger partial charge in [0.2, 0.25) is 0 Å². The lowest BCUT2D eigenvalue weighted by Crippen LogP contribution is -2.17. The van der Waals surface area contributed by atoms with Gasteiger partial charge in [-0.15, -0.1) is 22.7 Å². The molecule has 2 aromatic heterocycles. The van der Waals surface area contributed by atoms with Gasteiger partial charge in [0, 0.05) is 27.9 Å². The van der Waals surface area contributed by atoms with Crippen LogP contribution in [0.2, 0.25) is 5.02 Å². The lowest BCUT2D eigenvalue weighted by atomic mass is 10.3. The summed E-state index contributed by atoms with van der Waals surface area (Å²) in [6.07, 6.45) is 1.92. The molecule has 2 aromatic rings. The molecule has 16 heavy (non-hydrogen) atoms. The maximum Gasteiger partial charge on any atom is 0.109 e. The fourth-order valence-corrected chi connectivity index (χ4v) is 3.18. The van der Waals surface area contributed by atoms with Gasteiger partial charge < -0.3 is 5.32 Å². The van der Waals surface area contributed by atoms with Gasteiger partial charge >= 0.3 is 0 Å². The smallest absolute Gasteiger partial charge is 0.109 e. The van der Waals surface area contributed by atoms with Crippen LogP contribution >= 0.6 is 34.3 Å². The van der Waals surface area contributed by atoms with E-state index in [2.05, 4.69) is 24.1 Å². The second-order valence-corrected chi connectivity index (χ2v) is 6.34. The van der Waals surface area contributed by atoms with Gasteiger partial charge in [-0.3, -0.25) is 0 Å². The third kappa shape index (κ3) is 3.04. The summed E-state index contributed by atoms with van der Waals surface area (Å²) in [6.45, 7) is 5.05. The van der Waals surface area contributed by atoms with Crippen LogP contribution in [0.4, 0.5) is 0 Å². The molecule has 0 aliphatic rings. The Labute approximate surface area is 108 Å². The molecule has 0 amide bonds. The standard InChI is InChI=1S/C11H13ClN2S2/c1-7-4-14-11(16-7)8(2)13-5-10-3-9(12)6-15-10/h3-4,6,8,13H,5H2,1-2H3. The van der Waals surface area contributed by atoms with Crippen LogP contribution in [0.5, 0.6) is 0 Å². The highest BCUT2D eigenvalue weighted by Gasteiger charge is 2.09. The SMILES string of the molecule is Cc1cnc(C(C)NCc2cc(Cl)cs2)s1. The molecule has 2 nitrogen and oxygen atoms in total. The molecule has 86 valence electrons. The van der Waals surface area contributed by atoms with Crippen molar-refractivity contribution < 1.29 is 0 Å². The maximum absolute atomic E-state index is 5.87. The maximum atomic E-state index is 5.87. The molecule has 5 heteroatoms. The third-order valence-electron chi connectivity index (χ3n) is 2.21. The van der Waals surface area contributed by atoms with Crippen LogP contribution < -0.4 is 5.32 Å². The Morgan fingerprint density at radius 2 is 2.38 bits per heavy atom. The van der Waals surface area contributed by atoms with Crippen molar-refractivity contribution in [3.8, 4) is 0 Å².